The second-order valence-electron chi connectivity index (χ2n) is 10.00. The van der Waals surface area contributed by atoms with Crippen LogP contribution in [0.15, 0.2) is 84.7 Å². The summed E-state index contributed by atoms with van der Waals surface area (Å²) in [6.45, 7) is 0. The van der Waals surface area contributed by atoms with Gasteiger partial charge >= 0.3 is 0 Å². The molecule has 2 aromatic carbocycles. The predicted molar refractivity (Wildman–Crippen MR) is 161 cm³/mol. The summed E-state index contributed by atoms with van der Waals surface area (Å²) >= 11 is 3.68. The molecule has 0 amide bonds. The molecule has 4 nitrogen and oxygen atoms in total. The number of rotatable bonds is 4. The maximum atomic E-state index is 7.49. The molecule has 0 unspecified atom stereocenters. The van der Waals surface area contributed by atoms with E-state index in [9.17, 15) is 0 Å². The van der Waals surface area contributed by atoms with Gasteiger partial charge in [0.15, 0.2) is 0 Å². The lowest BCUT2D eigenvalue weighted by Crippen LogP contribution is -1.98. The van der Waals surface area contributed by atoms with E-state index in [4.69, 9.17) is 5.41 Å². The van der Waals surface area contributed by atoms with Crippen molar-refractivity contribution < 1.29 is 0 Å². The van der Waals surface area contributed by atoms with Gasteiger partial charge < -0.3 is 10.7 Å². The van der Waals surface area contributed by atoms with Gasteiger partial charge in [-0.1, -0.05) is 30.3 Å². The number of nitrogens with one attached hydrogen (secondary N) is 2. The van der Waals surface area contributed by atoms with Gasteiger partial charge in [0, 0.05) is 33.6 Å². The fraction of sp³-hybridized carbons (Fsp3) is 0.188. The second kappa shape index (κ2) is 9.86. The van der Waals surface area contributed by atoms with E-state index in [0.717, 1.165) is 44.2 Å². The first kappa shape index (κ1) is 23.4. The molecule has 188 valence electrons. The zero-order valence-electron chi connectivity index (χ0n) is 21.0. The molecule has 0 saturated carbocycles. The van der Waals surface area contributed by atoms with Crippen molar-refractivity contribution in [1.82, 2.24) is 9.78 Å². The Bertz CT molecular complexity index is 1670. The van der Waals surface area contributed by atoms with E-state index >= 15 is 0 Å². The zero-order chi connectivity index (χ0) is 25.5. The molecule has 0 spiro atoms. The summed E-state index contributed by atoms with van der Waals surface area (Å²) in [7, 11) is 0. The van der Waals surface area contributed by atoms with Crippen molar-refractivity contribution in [2.75, 3.05) is 5.32 Å². The lowest BCUT2D eigenvalue weighted by atomic mass is 9.97. The van der Waals surface area contributed by atoms with Crippen molar-refractivity contribution in [1.29, 1.82) is 5.41 Å². The number of aryl methyl sites for hydroxylation is 3. The number of allylic oxidation sites excluding steroid dienone is 2. The number of anilines is 1. The van der Waals surface area contributed by atoms with Gasteiger partial charge in [-0.3, -0.25) is 0 Å². The fourth-order valence-electron chi connectivity index (χ4n) is 5.56. The Kier molecular flexibility index (Phi) is 6.06. The highest BCUT2D eigenvalue weighted by Gasteiger charge is 2.20. The number of fused-ring (bicyclic) bond motifs is 4. The summed E-state index contributed by atoms with van der Waals surface area (Å²) in [5.41, 5.74) is 10.2. The first-order valence-corrected chi connectivity index (χ1v) is 14.8. The fourth-order valence-corrected chi connectivity index (χ4v) is 7.88. The van der Waals surface area contributed by atoms with E-state index < -0.39 is 0 Å². The third kappa shape index (κ3) is 4.34. The van der Waals surface area contributed by atoms with Crippen LogP contribution in [0.3, 0.4) is 0 Å². The average Bonchev–Trinajstić information content (AvgIpc) is 3.63. The lowest BCUT2D eigenvalue weighted by Gasteiger charge is -2.09. The van der Waals surface area contributed by atoms with Crippen LogP contribution in [0.2, 0.25) is 0 Å². The molecule has 0 aliphatic carbocycles. The van der Waals surface area contributed by atoms with Crippen molar-refractivity contribution in [2.24, 2.45) is 0 Å². The molecule has 38 heavy (non-hydrogen) atoms. The summed E-state index contributed by atoms with van der Waals surface area (Å²) in [5, 5.41) is 18.2. The van der Waals surface area contributed by atoms with Crippen LogP contribution in [0.5, 0.6) is 0 Å². The molecule has 2 N–H and O–H groups in total. The number of nitrogens with zero attached hydrogens (tertiary/aromatic N) is 2. The van der Waals surface area contributed by atoms with Gasteiger partial charge in [-0.25, -0.2) is 4.68 Å². The van der Waals surface area contributed by atoms with Gasteiger partial charge in [-0.05, 0) is 114 Å². The molecule has 5 heterocycles. The minimum Gasteiger partial charge on any atom is -0.350 e. The molecule has 0 saturated heterocycles. The minimum absolute atomic E-state index is 0.987. The number of hydrogen-bond donors (Lipinski definition) is 2. The normalized spacial score (nSPS) is 15.6. The van der Waals surface area contributed by atoms with Crippen LogP contribution in [0, 0.1) is 5.41 Å². The average molecular weight is 533 g/mol. The summed E-state index contributed by atoms with van der Waals surface area (Å²) in [6.07, 6.45) is 11.7. The van der Waals surface area contributed by atoms with Gasteiger partial charge in [0.25, 0.3) is 0 Å². The standard InChI is InChI=1S/C32H28N4S2/c33-14-12-27-10-4-8-22-19-29(37-31(22)35-27)25-16-24(21-6-2-1-3-7-21)17-26(18-25)30-20-23-9-5-11-28-13-15-34-36(28)32(23)38-30/h1-3,6-7,12-20,33,35H,4-5,8-11H2/b27-12-,33-14?. The van der Waals surface area contributed by atoms with Crippen LogP contribution < -0.4 is 5.32 Å². The van der Waals surface area contributed by atoms with Crippen LogP contribution in [-0.2, 0) is 19.3 Å². The van der Waals surface area contributed by atoms with Gasteiger partial charge in [-0.2, -0.15) is 5.10 Å². The molecule has 0 atom stereocenters. The maximum absolute atomic E-state index is 7.49. The largest absolute Gasteiger partial charge is 0.350 e. The van der Waals surface area contributed by atoms with Crippen LogP contribution in [0.4, 0.5) is 5.00 Å². The molecule has 2 aliphatic heterocycles. The number of benzene rings is 2. The maximum Gasteiger partial charge on any atom is 0.121 e. The zero-order valence-corrected chi connectivity index (χ0v) is 22.7. The van der Waals surface area contributed by atoms with E-state index in [2.05, 4.69) is 81.8 Å². The van der Waals surface area contributed by atoms with Crippen molar-refractivity contribution >= 4 is 33.9 Å². The molecule has 0 radical (unpaired) electrons. The quantitative estimate of drug-likeness (QED) is 0.227. The molecule has 2 aliphatic rings. The van der Waals surface area contributed by atoms with Crippen LogP contribution in [-0.4, -0.2) is 16.0 Å². The van der Waals surface area contributed by atoms with E-state index in [-0.39, 0.29) is 0 Å². The van der Waals surface area contributed by atoms with Gasteiger partial charge in [0.05, 0.1) is 5.00 Å². The number of hydrogen-bond acceptors (Lipinski definition) is 5. The van der Waals surface area contributed by atoms with Gasteiger partial charge in [0.2, 0.25) is 0 Å². The molecule has 3 aromatic heterocycles. The Hall–Kier alpha value is -3.74. The summed E-state index contributed by atoms with van der Waals surface area (Å²) in [6, 6.07) is 24.7. The molecule has 6 heteroatoms. The molecule has 7 rings (SSSR count). The first-order valence-electron chi connectivity index (χ1n) is 13.2. The van der Waals surface area contributed by atoms with E-state index in [1.165, 1.54) is 65.0 Å². The highest BCUT2D eigenvalue weighted by molar-refractivity contribution is 7.19. The SMILES string of the molecule is N=C/C=C1/CCCc2cc(-c3cc(-c4ccccc4)cc(-c4cc5c(s4)-n4nccc4CCC5)c3)sc2N1. The first-order chi connectivity index (χ1) is 18.7. The number of thiophene rings is 2. The van der Waals surface area contributed by atoms with Gasteiger partial charge in [-0.15, -0.1) is 22.7 Å². The summed E-state index contributed by atoms with van der Waals surface area (Å²) in [5.74, 6) is 0. The molecular weight excluding hydrogens is 505 g/mol. The van der Waals surface area contributed by atoms with Crippen molar-refractivity contribution in [3.8, 4) is 37.0 Å². The Morgan fingerprint density at radius 3 is 2.34 bits per heavy atom. The minimum atomic E-state index is 0.987. The third-order valence-electron chi connectivity index (χ3n) is 7.45. The van der Waals surface area contributed by atoms with Crippen molar-refractivity contribution in [3.05, 3.63) is 102 Å². The summed E-state index contributed by atoms with van der Waals surface area (Å²) in [4.78, 5) is 2.58. The van der Waals surface area contributed by atoms with Crippen LogP contribution >= 0.6 is 22.7 Å². The van der Waals surface area contributed by atoms with Crippen LogP contribution in [0.25, 0.3) is 37.0 Å². The number of aromatic nitrogens is 2. The Labute approximate surface area is 230 Å². The predicted octanol–water partition coefficient (Wildman–Crippen LogP) is 8.77. The Morgan fingerprint density at radius 2 is 1.50 bits per heavy atom. The van der Waals surface area contributed by atoms with E-state index in [1.807, 2.05) is 34.9 Å². The highest BCUT2D eigenvalue weighted by Crippen LogP contribution is 2.43. The Morgan fingerprint density at radius 1 is 0.763 bits per heavy atom. The van der Waals surface area contributed by atoms with Gasteiger partial charge in [0.1, 0.15) is 5.00 Å². The molecule has 5 aromatic rings. The third-order valence-corrected chi connectivity index (χ3v) is 9.79. The Balaban J connectivity index is 1.35. The topological polar surface area (TPSA) is 53.7 Å². The summed E-state index contributed by atoms with van der Waals surface area (Å²) < 4.78 is 2.15. The highest BCUT2D eigenvalue weighted by atomic mass is 32.1. The van der Waals surface area contributed by atoms with Crippen molar-refractivity contribution in [3.63, 3.8) is 0 Å². The smallest absolute Gasteiger partial charge is 0.121 e. The molecule has 0 fully saturated rings. The van der Waals surface area contributed by atoms with Crippen LogP contribution in [0.1, 0.15) is 36.1 Å². The molecular formula is C32H28N4S2. The van der Waals surface area contributed by atoms with E-state index in [1.54, 1.807) is 0 Å². The lowest BCUT2D eigenvalue weighted by molar-refractivity contribution is 0.786. The monoisotopic (exact) mass is 532 g/mol. The molecule has 0 bridgehead atoms. The van der Waals surface area contributed by atoms with E-state index in [0.29, 0.717) is 0 Å². The van der Waals surface area contributed by atoms with Crippen molar-refractivity contribution in [2.45, 2.75) is 38.5 Å². The second-order valence-corrected chi connectivity index (χ2v) is 12.1.